The zero-order chi connectivity index (χ0) is 82.4. The number of aliphatic imine (C=N–C) groups is 1. The minimum atomic E-state index is -1.17. The molecule has 0 radical (unpaired) electrons. The molecule has 0 aliphatic carbocycles. The number of hydrogen-bond donors (Lipinski definition) is 6. The number of nitrogens with zero attached hydrogens (tertiary/aromatic N) is 2. The first kappa shape index (κ1) is 134. The Bertz CT molecular complexity index is 2220. The Morgan fingerprint density at radius 1 is 0.500 bits per heavy atom. The summed E-state index contributed by atoms with van der Waals surface area (Å²) < 4.78 is 0. The molecule has 104 heavy (non-hydrogen) atoms. The summed E-state index contributed by atoms with van der Waals surface area (Å²) in [4.78, 5) is 53.8. The summed E-state index contributed by atoms with van der Waals surface area (Å²) in [6, 6.07) is 26.1. The van der Waals surface area contributed by atoms with Crippen LogP contribution in [0.4, 0.5) is 0 Å². The lowest BCUT2D eigenvalue weighted by Crippen LogP contribution is -2.05. The summed E-state index contributed by atoms with van der Waals surface area (Å²) in [5.74, 6) is 6.03. The third kappa shape index (κ3) is 172. The second-order valence-electron chi connectivity index (χ2n) is 25.0. The molecule has 0 atom stereocenters. The van der Waals surface area contributed by atoms with Gasteiger partial charge in [-0.1, -0.05) is 320 Å². The van der Waals surface area contributed by atoms with Crippen molar-refractivity contribution in [1.29, 1.82) is 0 Å². The van der Waals surface area contributed by atoms with Crippen molar-refractivity contribution in [3.05, 3.63) is 120 Å². The van der Waals surface area contributed by atoms with Crippen molar-refractivity contribution < 1.29 is 34.5 Å². The molecular weight excluding hydrogens is 1310 g/mol. The van der Waals surface area contributed by atoms with Gasteiger partial charge in [-0.05, 0) is 158 Å². The van der Waals surface area contributed by atoms with Crippen LogP contribution in [0, 0.1) is 17.8 Å². The lowest BCUT2D eigenvalue weighted by atomic mass is 10.1. The third-order valence-corrected chi connectivity index (χ3v) is 12.5. The van der Waals surface area contributed by atoms with Gasteiger partial charge in [0.25, 0.3) is 0 Å². The molecule has 3 aromatic carbocycles. The molecule has 2 heterocycles. The SMILES string of the molecule is C.C.CC.CC(C)C.CC(O)O.CCC.CCC.CCC(C)=O.CCC(C)=O.CCC(C)C.CCC(C)C.CCCC(C)=O.CCCC(C)=O.CCCCCC.CCCCN=C(C)N.CCCSC.CCc1c[nH]c2ccccc12.CCc1ccc(O)cc1.CCc1ccccc1.CCc1cnc[nH]1. The highest BCUT2D eigenvalue weighted by atomic mass is 32.2. The highest BCUT2D eigenvalue weighted by molar-refractivity contribution is 7.98. The number of rotatable bonds is 20. The fraction of sp³-hybridized carbons (Fsp3) is 0.692. The molecule has 620 valence electrons. The van der Waals surface area contributed by atoms with Gasteiger partial charge in [-0.3, -0.25) is 4.99 Å². The molecule has 0 saturated carbocycles. The van der Waals surface area contributed by atoms with E-state index in [2.05, 4.69) is 226 Å². The van der Waals surface area contributed by atoms with Crippen LogP contribution in [0.1, 0.15) is 375 Å². The van der Waals surface area contributed by atoms with E-state index in [1.807, 2.05) is 84.6 Å². The van der Waals surface area contributed by atoms with Crippen molar-refractivity contribution in [2.75, 3.05) is 18.6 Å². The number of carbonyl (C=O) groups excluding carboxylic acids is 4. The van der Waals surface area contributed by atoms with E-state index >= 15 is 0 Å². The molecular formula is C91H183N5O7S. The largest absolute Gasteiger partial charge is 0.508 e. The molecule has 0 amide bonds. The predicted octanol–water partition coefficient (Wildman–Crippen LogP) is 28.4. The summed E-state index contributed by atoms with van der Waals surface area (Å²) in [6.45, 7) is 67.7. The Labute approximate surface area is 654 Å². The lowest BCUT2D eigenvalue weighted by Gasteiger charge is -1.93. The number of aliphatic hydroxyl groups is 2. The molecule has 12 nitrogen and oxygen atoms in total. The van der Waals surface area contributed by atoms with Gasteiger partial charge < -0.3 is 50.2 Å². The van der Waals surface area contributed by atoms with Crippen LogP contribution in [-0.2, 0) is 44.9 Å². The number of phenolic OH excluding ortho intramolecular Hbond substituents is 1. The van der Waals surface area contributed by atoms with Crippen molar-refractivity contribution in [3.63, 3.8) is 0 Å². The Morgan fingerprint density at radius 2 is 0.846 bits per heavy atom. The van der Waals surface area contributed by atoms with Crippen LogP contribution in [0.25, 0.3) is 10.9 Å². The van der Waals surface area contributed by atoms with Gasteiger partial charge in [0.1, 0.15) is 35.2 Å². The Hall–Kier alpha value is -5.37. The average Bonchev–Trinajstić information content (AvgIpc) is 1.70. The zero-order valence-electron chi connectivity index (χ0n) is 73.7. The topological polar surface area (TPSA) is 212 Å². The molecule has 0 aliphatic rings. The number of benzene rings is 3. The fourth-order valence-electron chi connectivity index (χ4n) is 5.17. The number of hydrogen-bond acceptors (Lipinski definition) is 10. The third-order valence-electron chi connectivity index (χ3n) is 11.7. The van der Waals surface area contributed by atoms with Crippen LogP contribution < -0.4 is 5.73 Å². The summed E-state index contributed by atoms with van der Waals surface area (Å²) in [6.07, 6.45) is 29.9. The van der Waals surface area contributed by atoms with E-state index in [1.165, 1.54) is 110 Å². The monoisotopic (exact) mass is 1490 g/mol. The number of Topliss-reactive ketones (excluding diaryl/α,β-unsaturated/α-hetero) is 4. The van der Waals surface area contributed by atoms with Crippen LogP contribution >= 0.6 is 11.8 Å². The second-order valence-corrected chi connectivity index (χ2v) is 26.0. The number of para-hydroxylation sites is 1. The average molecular weight is 1490 g/mol. The number of aryl methyl sites for hydroxylation is 4. The number of thioether (sulfide) groups is 1. The number of ketones is 4. The van der Waals surface area contributed by atoms with Crippen molar-refractivity contribution >= 4 is 51.6 Å². The van der Waals surface area contributed by atoms with Gasteiger partial charge in [0.2, 0.25) is 0 Å². The van der Waals surface area contributed by atoms with E-state index in [0.717, 1.165) is 82.1 Å². The summed E-state index contributed by atoms with van der Waals surface area (Å²) >= 11 is 1.90. The molecule has 0 aliphatic heterocycles. The summed E-state index contributed by atoms with van der Waals surface area (Å²) in [7, 11) is 0. The number of fused-ring (bicyclic) bond motifs is 1. The van der Waals surface area contributed by atoms with Gasteiger partial charge in [0, 0.05) is 61.2 Å². The number of imidazole rings is 1. The van der Waals surface area contributed by atoms with Crippen molar-refractivity contribution in [2.24, 2.45) is 28.5 Å². The van der Waals surface area contributed by atoms with E-state index < -0.39 is 6.29 Å². The van der Waals surface area contributed by atoms with Gasteiger partial charge in [-0.2, -0.15) is 11.8 Å². The number of amidine groups is 1. The number of carbonyl (C=O) groups is 4. The summed E-state index contributed by atoms with van der Waals surface area (Å²) in [5.41, 5.74) is 11.8. The van der Waals surface area contributed by atoms with Gasteiger partial charge in [0.15, 0.2) is 0 Å². The normalized spacial score (nSPS) is 8.83. The maximum Gasteiger partial charge on any atom is 0.148 e. The number of nitrogens with two attached hydrogens (primary N) is 1. The van der Waals surface area contributed by atoms with Gasteiger partial charge in [0.05, 0.1) is 12.2 Å². The van der Waals surface area contributed by atoms with Crippen LogP contribution in [0.5, 0.6) is 5.75 Å². The molecule has 0 fully saturated rings. The van der Waals surface area contributed by atoms with Crippen molar-refractivity contribution in [3.8, 4) is 5.75 Å². The van der Waals surface area contributed by atoms with Crippen LogP contribution in [0.15, 0.2) is 103 Å². The maximum absolute atomic E-state index is 10.0. The predicted molar refractivity (Wildman–Crippen MR) is 479 cm³/mol. The molecule has 0 spiro atoms. The van der Waals surface area contributed by atoms with Crippen molar-refractivity contribution in [1.82, 2.24) is 15.0 Å². The highest BCUT2D eigenvalue weighted by Crippen LogP contribution is 2.17. The van der Waals surface area contributed by atoms with Crippen molar-refractivity contribution in [2.45, 2.75) is 384 Å². The minimum Gasteiger partial charge on any atom is -0.508 e. The number of aromatic amines is 2. The lowest BCUT2D eigenvalue weighted by molar-refractivity contribution is -0.117. The van der Waals surface area contributed by atoms with Gasteiger partial charge >= 0.3 is 0 Å². The molecule has 2 aromatic heterocycles. The van der Waals surface area contributed by atoms with E-state index in [9.17, 15) is 19.2 Å². The molecule has 5 aromatic rings. The first-order valence-electron chi connectivity index (χ1n) is 39.6. The maximum atomic E-state index is 10.0. The van der Waals surface area contributed by atoms with Gasteiger partial charge in [-0.25, -0.2) is 4.98 Å². The number of aliphatic hydroxyl groups excluding tert-OH is 1. The first-order valence-corrected chi connectivity index (χ1v) is 40.9. The van der Waals surface area contributed by atoms with E-state index in [0.29, 0.717) is 24.4 Å². The van der Waals surface area contributed by atoms with E-state index in [4.69, 9.17) is 21.1 Å². The number of phenols is 1. The molecule has 5 rings (SSSR count). The number of aromatic hydroxyl groups is 1. The number of nitrogens with one attached hydrogen (secondary N) is 2. The standard InChI is InChI=1S/C10H11N.C8H10O.C8H10.C6H14N2.C6H14.C5H8N2.2C5H10O.2C5H12.2C4H8O.C4H10S.C4H10.2C3H8.C2H6O2.C2H6.2CH4/c1-2-8-7-11-10-6-4-3-5-9(8)10;1-2-7-3-5-8(9)6-4-7;1-2-8-6-4-3-5-7-8;1-3-4-5-8-6(2)7;1-3-5-6-4-2;1-2-5-3-6-4-7-5;2*1-3-4-5(2)6;2*1-4-5(2)3;2*1-3-4(2)5;1-3-4-5-2;1-4(2)3;2*1-3-2;1-2(3)4;1-2;;/h3-7,11H,2H2,1H3;3-6,9H,2H2,1H3;3-7H,2H2,1H3;3-5H2,1-2H3,(H2,7,8);3-6H2,1-2H3;3-4H,2H2,1H3,(H,6,7);2*3-4H2,1-2H3;2*5H,4H2,1-3H3;2*3H2,1-2H3;3-4H2,1-2H3;4H,1-3H3;2*3H2,1-2H3;2-4H,1H3;1-2H3;2*1H4. The minimum absolute atomic E-state index is 0. The van der Waals surface area contributed by atoms with Gasteiger partial charge in [-0.15, -0.1) is 0 Å². The van der Waals surface area contributed by atoms with Crippen LogP contribution in [0.2, 0.25) is 0 Å². The van der Waals surface area contributed by atoms with E-state index in [-0.39, 0.29) is 38.0 Å². The molecule has 7 N–H and O–H groups in total. The fourth-order valence-corrected chi connectivity index (χ4v) is 5.58. The highest BCUT2D eigenvalue weighted by Gasteiger charge is 1.98. The number of unbranched alkanes of at least 4 members (excludes halogenated alkanes) is 4. The van der Waals surface area contributed by atoms with E-state index in [1.54, 1.807) is 46.2 Å². The first-order chi connectivity index (χ1) is 48.1. The number of H-pyrrole nitrogens is 2. The zero-order valence-corrected chi connectivity index (χ0v) is 74.5. The second kappa shape index (κ2) is 121. The smallest absolute Gasteiger partial charge is 0.148 e. The Kier molecular flexibility index (Phi) is 157. The molecule has 0 bridgehead atoms. The Balaban J connectivity index is -0.0000000628. The Morgan fingerprint density at radius 3 is 1.06 bits per heavy atom. The quantitative estimate of drug-likeness (QED) is 0.0188. The molecule has 0 saturated heterocycles. The van der Waals surface area contributed by atoms with Crippen LogP contribution in [0.3, 0.4) is 0 Å². The van der Waals surface area contributed by atoms with Crippen LogP contribution in [-0.4, -0.2) is 84.1 Å². The number of aromatic nitrogens is 3. The molecule has 0 unspecified atom stereocenters. The molecule has 13 heteroatoms. The summed E-state index contributed by atoms with van der Waals surface area (Å²) in [5, 5.41) is 25.4.